The SMILES string of the molecule is NC(=S)c1ccc(NCCCCn2ccnc2)c(F)c1. The van der Waals surface area contributed by atoms with E-state index in [9.17, 15) is 4.39 Å². The van der Waals surface area contributed by atoms with Crippen LogP contribution < -0.4 is 11.1 Å². The van der Waals surface area contributed by atoms with Crippen LogP contribution >= 0.6 is 12.2 Å². The van der Waals surface area contributed by atoms with Gasteiger partial charge in [0.15, 0.2) is 0 Å². The van der Waals surface area contributed by atoms with Gasteiger partial charge in [-0.15, -0.1) is 0 Å². The Labute approximate surface area is 122 Å². The molecule has 6 heteroatoms. The topological polar surface area (TPSA) is 55.9 Å². The number of rotatable bonds is 7. The highest BCUT2D eigenvalue weighted by molar-refractivity contribution is 7.80. The first-order valence-corrected chi connectivity index (χ1v) is 6.86. The number of nitrogens with two attached hydrogens (primary N) is 1. The summed E-state index contributed by atoms with van der Waals surface area (Å²) in [7, 11) is 0. The molecule has 0 amide bonds. The Balaban J connectivity index is 1.75. The fraction of sp³-hybridized carbons (Fsp3) is 0.286. The van der Waals surface area contributed by atoms with Crippen molar-refractivity contribution in [2.75, 3.05) is 11.9 Å². The van der Waals surface area contributed by atoms with E-state index < -0.39 is 0 Å². The zero-order chi connectivity index (χ0) is 14.4. The fourth-order valence-corrected chi connectivity index (χ4v) is 2.00. The number of unbranched alkanes of at least 4 members (excludes halogenated alkanes) is 1. The average Bonchev–Trinajstić information content (AvgIpc) is 2.93. The molecule has 2 aromatic rings. The van der Waals surface area contributed by atoms with Crippen LogP contribution in [0.3, 0.4) is 0 Å². The summed E-state index contributed by atoms with van der Waals surface area (Å²) in [6.45, 7) is 1.64. The first-order valence-electron chi connectivity index (χ1n) is 6.46. The maximum Gasteiger partial charge on any atom is 0.146 e. The zero-order valence-corrected chi connectivity index (χ0v) is 11.9. The Kier molecular flexibility index (Phi) is 5.06. The fourth-order valence-electron chi connectivity index (χ4n) is 1.87. The van der Waals surface area contributed by atoms with Gasteiger partial charge in [-0.2, -0.15) is 0 Å². The van der Waals surface area contributed by atoms with E-state index in [1.165, 1.54) is 6.07 Å². The average molecular weight is 292 g/mol. The van der Waals surface area contributed by atoms with Crippen LogP contribution in [0.5, 0.6) is 0 Å². The molecule has 1 aromatic carbocycles. The van der Waals surface area contributed by atoms with Crippen LogP contribution in [-0.2, 0) is 6.54 Å². The molecule has 20 heavy (non-hydrogen) atoms. The normalized spacial score (nSPS) is 10.4. The highest BCUT2D eigenvalue weighted by Crippen LogP contribution is 2.15. The van der Waals surface area contributed by atoms with Crippen molar-refractivity contribution in [1.82, 2.24) is 9.55 Å². The molecule has 1 aromatic heterocycles. The monoisotopic (exact) mass is 292 g/mol. The van der Waals surface area contributed by atoms with Gasteiger partial charge in [0.2, 0.25) is 0 Å². The molecule has 4 nitrogen and oxygen atoms in total. The number of halogens is 1. The maximum absolute atomic E-state index is 13.8. The van der Waals surface area contributed by atoms with E-state index in [0.29, 0.717) is 11.3 Å². The molecule has 0 aliphatic heterocycles. The Hall–Kier alpha value is -1.95. The summed E-state index contributed by atoms with van der Waals surface area (Å²) < 4.78 is 15.8. The molecular weight excluding hydrogens is 275 g/mol. The van der Waals surface area contributed by atoms with Crippen LogP contribution in [0.4, 0.5) is 10.1 Å². The molecule has 0 unspecified atom stereocenters. The molecular formula is C14H17FN4S. The molecule has 1 heterocycles. The number of nitrogens with zero attached hydrogens (tertiary/aromatic N) is 2. The van der Waals surface area contributed by atoms with E-state index in [-0.39, 0.29) is 10.8 Å². The quantitative estimate of drug-likeness (QED) is 0.608. The number of hydrogen-bond donors (Lipinski definition) is 2. The van der Waals surface area contributed by atoms with Crippen molar-refractivity contribution in [3.63, 3.8) is 0 Å². The number of nitrogens with one attached hydrogen (secondary N) is 1. The van der Waals surface area contributed by atoms with E-state index in [1.807, 2.05) is 10.8 Å². The molecule has 0 spiro atoms. The third kappa shape index (κ3) is 4.03. The summed E-state index contributed by atoms with van der Waals surface area (Å²) in [5.41, 5.74) is 6.48. The lowest BCUT2D eigenvalue weighted by Crippen LogP contribution is -2.11. The lowest BCUT2D eigenvalue weighted by Gasteiger charge is -2.09. The number of thiocarbonyl (C=S) groups is 1. The van der Waals surface area contributed by atoms with Gasteiger partial charge >= 0.3 is 0 Å². The first kappa shape index (κ1) is 14.5. The molecule has 0 saturated heterocycles. The highest BCUT2D eigenvalue weighted by Gasteiger charge is 2.04. The number of hydrogen-bond acceptors (Lipinski definition) is 3. The molecule has 0 saturated carbocycles. The van der Waals surface area contributed by atoms with Crippen LogP contribution in [0.25, 0.3) is 0 Å². The van der Waals surface area contributed by atoms with Crippen LogP contribution in [0.15, 0.2) is 36.9 Å². The lowest BCUT2D eigenvalue weighted by atomic mass is 10.2. The van der Waals surface area contributed by atoms with Crippen LogP contribution in [0.1, 0.15) is 18.4 Å². The van der Waals surface area contributed by atoms with Crippen LogP contribution in [0, 0.1) is 5.82 Å². The summed E-state index contributed by atoms with van der Waals surface area (Å²) >= 11 is 4.81. The van der Waals surface area contributed by atoms with Crippen LogP contribution in [-0.4, -0.2) is 21.1 Å². The van der Waals surface area contributed by atoms with Gasteiger partial charge in [-0.25, -0.2) is 9.37 Å². The lowest BCUT2D eigenvalue weighted by molar-refractivity contribution is 0.613. The summed E-state index contributed by atoms with van der Waals surface area (Å²) in [6, 6.07) is 4.75. The Morgan fingerprint density at radius 3 is 2.90 bits per heavy atom. The van der Waals surface area contributed by atoms with Crippen LogP contribution in [0.2, 0.25) is 0 Å². The molecule has 0 radical (unpaired) electrons. The second-order valence-corrected chi connectivity index (χ2v) is 4.93. The number of benzene rings is 1. The van der Waals surface area contributed by atoms with E-state index in [4.69, 9.17) is 18.0 Å². The third-order valence-corrected chi connectivity index (χ3v) is 3.21. The molecule has 106 valence electrons. The van der Waals surface area contributed by atoms with Crippen molar-refractivity contribution >= 4 is 22.9 Å². The van der Waals surface area contributed by atoms with Crippen molar-refractivity contribution in [3.8, 4) is 0 Å². The van der Waals surface area contributed by atoms with Gasteiger partial charge < -0.3 is 15.6 Å². The van der Waals surface area contributed by atoms with E-state index in [0.717, 1.165) is 25.9 Å². The molecule has 0 aliphatic rings. The summed E-state index contributed by atoms with van der Waals surface area (Å²) in [4.78, 5) is 4.18. The van der Waals surface area contributed by atoms with Gasteiger partial charge in [0.05, 0.1) is 12.0 Å². The Morgan fingerprint density at radius 2 is 2.25 bits per heavy atom. The summed E-state index contributed by atoms with van der Waals surface area (Å²) in [5, 5.41) is 3.08. The number of anilines is 1. The van der Waals surface area contributed by atoms with Crippen molar-refractivity contribution < 1.29 is 4.39 Å². The molecule has 0 atom stereocenters. The zero-order valence-electron chi connectivity index (χ0n) is 11.1. The smallest absolute Gasteiger partial charge is 0.146 e. The van der Waals surface area contributed by atoms with Crippen molar-refractivity contribution in [2.45, 2.75) is 19.4 Å². The second kappa shape index (κ2) is 7.00. The highest BCUT2D eigenvalue weighted by atomic mass is 32.1. The number of aryl methyl sites for hydroxylation is 1. The predicted molar refractivity (Wildman–Crippen MR) is 82.2 cm³/mol. The summed E-state index contributed by atoms with van der Waals surface area (Å²) in [6.07, 6.45) is 7.45. The second-order valence-electron chi connectivity index (χ2n) is 4.49. The summed E-state index contributed by atoms with van der Waals surface area (Å²) in [5.74, 6) is -0.329. The first-order chi connectivity index (χ1) is 9.66. The molecule has 2 rings (SSSR count). The molecule has 0 fully saturated rings. The van der Waals surface area contributed by atoms with Gasteiger partial charge in [0, 0.05) is 31.0 Å². The molecule has 0 aliphatic carbocycles. The maximum atomic E-state index is 13.8. The third-order valence-electron chi connectivity index (χ3n) is 2.97. The van der Waals surface area contributed by atoms with Gasteiger partial charge in [-0.05, 0) is 31.0 Å². The standard InChI is InChI=1S/C14H17FN4S/c15-12-9-11(14(16)20)3-4-13(12)18-5-1-2-7-19-8-6-17-10-19/h3-4,6,8-10,18H,1-2,5,7H2,(H2,16,20). The van der Waals surface area contributed by atoms with E-state index >= 15 is 0 Å². The van der Waals surface area contributed by atoms with Gasteiger partial charge in [-0.3, -0.25) is 0 Å². The predicted octanol–water partition coefficient (Wildman–Crippen LogP) is 2.55. The minimum absolute atomic E-state index is 0.204. The van der Waals surface area contributed by atoms with E-state index in [2.05, 4.69) is 10.3 Å². The number of imidazole rings is 1. The van der Waals surface area contributed by atoms with Crippen molar-refractivity contribution in [1.29, 1.82) is 0 Å². The Morgan fingerprint density at radius 1 is 1.40 bits per heavy atom. The van der Waals surface area contributed by atoms with Gasteiger partial charge in [0.1, 0.15) is 10.8 Å². The van der Waals surface area contributed by atoms with E-state index in [1.54, 1.807) is 24.7 Å². The molecule has 3 N–H and O–H groups in total. The largest absolute Gasteiger partial charge is 0.389 e. The number of aromatic nitrogens is 2. The van der Waals surface area contributed by atoms with Crippen molar-refractivity contribution in [3.05, 3.63) is 48.3 Å². The van der Waals surface area contributed by atoms with Gasteiger partial charge in [0.25, 0.3) is 0 Å². The van der Waals surface area contributed by atoms with Gasteiger partial charge in [-0.1, -0.05) is 12.2 Å². The Bertz CT molecular complexity index is 569. The van der Waals surface area contributed by atoms with Crippen molar-refractivity contribution in [2.24, 2.45) is 5.73 Å². The minimum Gasteiger partial charge on any atom is -0.389 e. The molecule has 0 bridgehead atoms. The minimum atomic E-state index is -0.329.